The molecule has 0 heterocycles. The van der Waals surface area contributed by atoms with Crippen molar-refractivity contribution in [1.29, 1.82) is 0 Å². The predicted octanol–water partition coefficient (Wildman–Crippen LogP) is 8.07. The maximum absolute atomic E-state index is 4.06. The first-order chi connectivity index (χ1) is 16.8. The van der Waals surface area contributed by atoms with Crippen LogP contribution in [-0.2, 0) is 0 Å². The van der Waals surface area contributed by atoms with E-state index in [-0.39, 0.29) is 58.8 Å². The van der Waals surface area contributed by atoms with Crippen LogP contribution in [0.4, 0.5) is 0 Å². The van der Waals surface area contributed by atoms with Crippen LogP contribution in [0.3, 0.4) is 0 Å². The fourth-order valence-corrected chi connectivity index (χ4v) is 5.89. The number of unbranched alkanes of at least 4 members (excludes halogenated alkanes) is 12. The van der Waals surface area contributed by atoms with Crippen molar-refractivity contribution in [2.24, 2.45) is 17.8 Å². The minimum Gasteiger partial charge on any atom is -0.358 e. The van der Waals surface area contributed by atoms with E-state index in [1.54, 1.807) is 5.57 Å². The molecule has 0 saturated heterocycles. The molecule has 208 valence electrons. The van der Waals surface area contributed by atoms with E-state index < -0.39 is 0 Å². The molecule has 1 N–H and O–H groups in total. The molecule has 36 heavy (non-hydrogen) atoms. The third kappa shape index (κ3) is 20.0. The molecular weight excluding hydrogens is 461 g/mol. The molecule has 0 aromatic heterocycles. The summed E-state index contributed by atoms with van der Waals surface area (Å²) in [6.07, 6.45) is 36.5. The minimum atomic E-state index is 0. The van der Waals surface area contributed by atoms with Crippen molar-refractivity contribution in [3.05, 3.63) is 38.2 Å². The summed E-state index contributed by atoms with van der Waals surface area (Å²) in [5, 5.41) is 3.30. The SMILES string of the molecule is [CH2-]CCCCCC1CC(CCCCCC)C(C/C=C/CCCCC)=CC1CCCCCCNC.[CH3-].[K+]. The van der Waals surface area contributed by atoms with Gasteiger partial charge in [-0.05, 0) is 82.7 Å². The van der Waals surface area contributed by atoms with Crippen LogP contribution in [0, 0.1) is 32.1 Å². The van der Waals surface area contributed by atoms with Gasteiger partial charge in [0.05, 0.1) is 0 Å². The zero-order valence-electron chi connectivity index (χ0n) is 25.7. The Morgan fingerprint density at radius 3 is 2.17 bits per heavy atom. The van der Waals surface area contributed by atoms with E-state index in [0.717, 1.165) is 24.2 Å². The fourth-order valence-electron chi connectivity index (χ4n) is 5.89. The first kappa shape index (κ1) is 39.2. The largest absolute Gasteiger partial charge is 1.00 e. The van der Waals surface area contributed by atoms with Crippen LogP contribution in [0.2, 0.25) is 0 Å². The van der Waals surface area contributed by atoms with Gasteiger partial charge < -0.3 is 19.7 Å². The third-order valence-electron chi connectivity index (χ3n) is 8.09. The Morgan fingerprint density at radius 1 is 0.806 bits per heavy atom. The van der Waals surface area contributed by atoms with Gasteiger partial charge in [-0.3, -0.25) is 0 Å². The fraction of sp³-hybridized carbons (Fsp3) is 0.824. The van der Waals surface area contributed by atoms with Gasteiger partial charge in [0.1, 0.15) is 0 Å². The van der Waals surface area contributed by atoms with E-state index in [1.807, 2.05) is 0 Å². The van der Waals surface area contributed by atoms with E-state index in [2.05, 4.69) is 51.4 Å². The van der Waals surface area contributed by atoms with Gasteiger partial charge in [-0.25, -0.2) is 0 Å². The smallest absolute Gasteiger partial charge is 0.358 e. The zero-order chi connectivity index (χ0) is 24.7. The van der Waals surface area contributed by atoms with Gasteiger partial charge in [-0.15, -0.1) is 0 Å². The van der Waals surface area contributed by atoms with Crippen LogP contribution >= 0.6 is 0 Å². The van der Waals surface area contributed by atoms with Crippen molar-refractivity contribution in [3.63, 3.8) is 0 Å². The summed E-state index contributed by atoms with van der Waals surface area (Å²) in [6, 6.07) is 0. The number of rotatable bonds is 23. The van der Waals surface area contributed by atoms with Crippen LogP contribution < -0.4 is 56.7 Å². The number of nitrogens with one attached hydrogen (secondary N) is 1. The molecule has 0 spiro atoms. The Hall–Kier alpha value is 1.08. The molecule has 3 atom stereocenters. The predicted molar refractivity (Wildman–Crippen MR) is 162 cm³/mol. The average Bonchev–Trinajstić information content (AvgIpc) is 2.85. The van der Waals surface area contributed by atoms with Crippen LogP contribution in [0.1, 0.15) is 149 Å². The van der Waals surface area contributed by atoms with Gasteiger partial charge >= 0.3 is 51.4 Å². The molecule has 0 fully saturated rings. The Bertz CT molecular complexity index is 497. The van der Waals surface area contributed by atoms with E-state index >= 15 is 0 Å². The van der Waals surface area contributed by atoms with Gasteiger partial charge in [0.2, 0.25) is 0 Å². The Labute approximate surface area is 272 Å². The molecular formula is C34H65KN-. The first-order valence-electron chi connectivity index (χ1n) is 15.6. The number of hydrogen-bond acceptors (Lipinski definition) is 1. The summed E-state index contributed by atoms with van der Waals surface area (Å²) in [7, 11) is 2.07. The van der Waals surface area contributed by atoms with E-state index in [9.17, 15) is 0 Å². The van der Waals surface area contributed by atoms with E-state index in [1.165, 1.54) is 135 Å². The van der Waals surface area contributed by atoms with Crippen LogP contribution in [0.15, 0.2) is 23.8 Å². The van der Waals surface area contributed by atoms with Gasteiger partial charge in [0.25, 0.3) is 0 Å². The van der Waals surface area contributed by atoms with Crippen molar-refractivity contribution >= 4 is 0 Å². The second-order valence-electron chi connectivity index (χ2n) is 11.1. The summed E-state index contributed by atoms with van der Waals surface area (Å²) < 4.78 is 0. The van der Waals surface area contributed by atoms with E-state index in [0.29, 0.717) is 0 Å². The molecule has 0 saturated carbocycles. The summed E-state index contributed by atoms with van der Waals surface area (Å²) >= 11 is 0. The van der Waals surface area contributed by atoms with Crippen LogP contribution in [0.5, 0.6) is 0 Å². The summed E-state index contributed by atoms with van der Waals surface area (Å²) in [4.78, 5) is 0. The normalized spacial score (nSPS) is 19.7. The topological polar surface area (TPSA) is 12.0 Å². The molecule has 0 aromatic carbocycles. The molecule has 0 bridgehead atoms. The molecule has 1 aliphatic carbocycles. The Kier molecular flexibility index (Phi) is 31.7. The number of allylic oxidation sites excluding steroid dienone is 4. The van der Waals surface area contributed by atoms with Gasteiger partial charge in [0, 0.05) is 0 Å². The molecule has 1 aliphatic rings. The van der Waals surface area contributed by atoms with Crippen molar-refractivity contribution in [2.75, 3.05) is 13.6 Å². The first-order valence-corrected chi connectivity index (χ1v) is 15.6. The molecule has 0 amide bonds. The Balaban J connectivity index is 0. The zero-order valence-corrected chi connectivity index (χ0v) is 28.9. The quantitative estimate of drug-likeness (QED) is 0.0614. The minimum absolute atomic E-state index is 0. The number of hydrogen-bond donors (Lipinski definition) is 1. The maximum Gasteiger partial charge on any atom is 1.00 e. The maximum atomic E-state index is 4.06. The third-order valence-corrected chi connectivity index (χ3v) is 8.09. The molecule has 1 rings (SSSR count). The molecule has 1 nitrogen and oxygen atoms in total. The molecule has 0 radical (unpaired) electrons. The summed E-state index contributed by atoms with van der Waals surface area (Å²) in [5.74, 6) is 2.61. The van der Waals surface area contributed by atoms with E-state index in [4.69, 9.17) is 0 Å². The second kappa shape index (κ2) is 29.1. The van der Waals surface area contributed by atoms with Crippen molar-refractivity contribution in [2.45, 2.75) is 149 Å². The summed E-state index contributed by atoms with van der Waals surface area (Å²) in [5.41, 5.74) is 1.80. The summed E-state index contributed by atoms with van der Waals surface area (Å²) in [6.45, 7) is 9.87. The van der Waals surface area contributed by atoms with Crippen molar-refractivity contribution < 1.29 is 51.4 Å². The Morgan fingerprint density at radius 2 is 1.44 bits per heavy atom. The molecule has 0 aliphatic heterocycles. The van der Waals surface area contributed by atoms with Gasteiger partial charge in [-0.1, -0.05) is 115 Å². The molecule has 2 heteroatoms. The monoisotopic (exact) mass is 526 g/mol. The molecule has 0 aromatic rings. The van der Waals surface area contributed by atoms with Crippen LogP contribution in [0.25, 0.3) is 0 Å². The van der Waals surface area contributed by atoms with Crippen molar-refractivity contribution in [1.82, 2.24) is 5.32 Å². The van der Waals surface area contributed by atoms with Gasteiger partial charge in [0.15, 0.2) is 0 Å². The molecule has 3 unspecified atom stereocenters. The average molecular weight is 527 g/mol. The van der Waals surface area contributed by atoms with Gasteiger partial charge in [-0.2, -0.15) is 6.42 Å². The standard InChI is InChI=1S/C33H62N.CH3.K/c1-5-8-11-14-15-20-25-32-29-33(26-21-16-17-22-27-34-4)31(24-19-13-10-7-3)28-30(32)23-18-12-9-6-2;;/h15,20,29-31,33-34H,3,5-14,16-19,21-28H2,1-2,4H3;1H3;/q2*-1;+1/b20-15+;;. The second-order valence-corrected chi connectivity index (χ2v) is 11.1. The van der Waals surface area contributed by atoms with Crippen molar-refractivity contribution in [3.8, 4) is 0 Å². The van der Waals surface area contributed by atoms with Crippen LogP contribution in [-0.4, -0.2) is 13.6 Å².